The third-order valence-electron chi connectivity index (χ3n) is 4.31. The van der Waals surface area contributed by atoms with Gasteiger partial charge in [0.2, 0.25) is 5.91 Å². The van der Waals surface area contributed by atoms with Crippen LogP contribution in [0.1, 0.15) is 24.8 Å². The molecule has 1 aliphatic heterocycles. The highest BCUT2D eigenvalue weighted by molar-refractivity contribution is 7.91. The predicted octanol–water partition coefficient (Wildman–Crippen LogP) is 2.65. The molecule has 3 rings (SSSR count). The number of carbonyl (C=O) groups is 1. The number of likely N-dealkylation sites (tertiary alicyclic amines) is 1. The Balaban J connectivity index is 1.82. The van der Waals surface area contributed by atoms with Crippen LogP contribution in [0.3, 0.4) is 0 Å². The van der Waals surface area contributed by atoms with Crippen LogP contribution >= 0.6 is 11.3 Å². The number of piperidine rings is 1. The number of thiophene rings is 1. The van der Waals surface area contributed by atoms with Crippen molar-refractivity contribution in [2.75, 3.05) is 13.1 Å². The van der Waals surface area contributed by atoms with Crippen LogP contribution in [0.25, 0.3) is 0 Å². The molecule has 2 heterocycles. The zero-order chi connectivity index (χ0) is 17.7. The van der Waals surface area contributed by atoms with E-state index < -0.39 is 16.1 Å². The number of amides is 1. The topological polar surface area (TPSA) is 66.5 Å². The largest absolute Gasteiger partial charge is 0.341 e. The van der Waals surface area contributed by atoms with E-state index in [0.717, 1.165) is 36.2 Å². The Morgan fingerprint density at radius 2 is 1.80 bits per heavy atom. The Morgan fingerprint density at radius 1 is 1.08 bits per heavy atom. The second-order valence-corrected chi connectivity index (χ2v) is 9.07. The summed E-state index contributed by atoms with van der Waals surface area (Å²) in [5.41, 5.74) is 0.937. The molecule has 25 heavy (non-hydrogen) atoms. The fourth-order valence-electron chi connectivity index (χ4n) is 3.03. The van der Waals surface area contributed by atoms with Crippen molar-refractivity contribution in [1.29, 1.82) is 0 Å². The Kier molecular flexibility index (Phi) is 5.88. The highest BCUT2D eigenvalue weighted by Gasteiger charge is 2.30. The number of benzene rings is 1. The van der Waals surface area contributed by atoms with E-state index >= 15 is 0 Å². The molecule has 1 aromatic heterocycles. The number of hydrogen-bond acceptors (Lipinski definition) is 4. The molecule has 1 saturated heterocycles. The van der Waals surface area contributed by atoms with Crippen LogP contribution in [0.4, 0.5) is 0 Å². The van der Waals surface area contributed by atoms with Crippen molar-refractivity contribution in [3.63, 3.8) is 0 Å². The number of nitrogens with one attached hydrogen (secondary N) is 1. The molecule has 2 aromatic rings. The summed E-state index contributed by atoms with van der Waals surface area (Å²) in [5, 5.41) is 1.72. The Labute approximate surface area is 152 Å². The second-order valence-electron chi connectivity index (χ2n) is 6.18. The first-order valence-corrected chi connectivity index (χ1v) is 10.8. The summed E-state index contributed by atoms with van der Waals surface area (Å²) in [4.78, 5) is 14.7. The lowest BCUT2D eigenvalue weighted by Crippen LogP contribution is -2.50. The normalized spacial score (nSPS) is 16.6. The molecule has 1 aliphatic rings. The lowest BCUT2D eigenvalue weighted by Gasteiger charge is -2.30. The van der Waals surface area contributed by atoms with E-state index in [2.05, 4.69) is 4.72 Å². The molecule has 1 atom stereocenters. The van der Waals surface area contributed by atoms with Crippen LogP contribution in [0.2, 0.25) is 0 Å². The van der Waals surface area contributed by atoms with Gasteiger partial charge in [-0.15, -0.1) is 11.3 Å². The van der Waals surface area contributed by atoms with Crippen LogP contribution < -0.4 is 4.72 Å². The Morgan fingerprint density at radius 3 is 2.44 bits per heavy atom. The Bertz CT molecular complexity index is 783. The van der Waals surface area contributed by atoms with E-state index in [1.54, 1.807) is 22.4 Å². The van der Waals surface area contributed by atoms with Crippen molar-refractivity contribution >= 4 is 27.3 Å². The highest BCUT2D eigenvalue weighted by atomic mass is 32.2. The van der Waals surface area contributed by atoms with Crippen molar-refractivity contribution < 1.29 is 13.2 Å². The summed E-state index contributed by atoms with van der Waals surface area (Å²) in [6.07, 6.45) is 3.41. The molecule has 0 aliphatic carbocycles. The first-order chi connectivity index (χ1) is 12.1. The quantitative estimate of drug-likeness (QED) is 0.840. The van der Waals surface area contributed by atoms with Gasteiger partial charge in [-0.3, -0.25) is 4.79 Å². The summed E-state index contributed by atoms with van der Waals surface area (Å²) in [7, 11) is -3.70. The van der Waals surface area contributed by atoms with Crippen LogP contribution in [-0.2, 0) is 21.2 Å². The van der Waals surface area contributed by atoms with Crippen molar-refractivity contribution in [3.05, 3.63) is 53.4 Å². The summed E-state index contributed by atoms with van der Waals surface area (Å²) in [6, 6.07) is 12.0. The monoisotopic (exact) mass is 378 g/mol. The number of rotatable bonds is 6. The second kappa shape index (κ2) is 8.12. The van der Waals surface area contributed by atoms with E-state index in [4.69, 9.17) is 0 Å². The van der Waals surface area contributed by atoms with E-state index in [-0.39, 0.29) is 10.1 Å². The van der Waals surface area contributed by atoms with E-state index in [1.165, 1.54) is 0 Å². The van der Waals surface area contributed by atoms with Gasteiger partial charge in [-0.2, -0.15) is 4.72 Å². The van der Waals surface area contributed by atoms with Gasteiger partial charge in [0.1, 0.15) is 10.3 Å². The van der Waals surface area contributed by atoms with Gasteiger partial charge in [-0.1, -0.05) is 36.4 Å². The van der Waals surface area contributed by atoms with Gasteiger partial charge >= 0.3 is 0 Å². The van der Waals surface area contributed by atoms with Gasteiger partial charge in [-0.05, 0) is 42.7 Å². The van der Waals surface area contributed by atoms with Crippen molar-refractivity contribution in [1.82, 2.24) is 9.62 Å². The highest BCUT2D eigenvalue weighted by Crippen LogP contribution is 2.18. The summed E-state index contributed by atoms with van der Waals surface area (Å²) < 4.78 is 28.1. The van der Waals surface area contributed by atoms with Gasteiger partial charge in [0, 0.05) is 13.1 Å². The molecule has 0 radical (unpaired) electrons. The van der Waals surface area contributed by atoms with E-state index in [0.29, 0.717) is 19.5 Å². The summed E-state index contributed by atoms with van der Waals surface area (Å²) in [5.74, 6) is -0.135. The standard InChI is InChI=1S/C18H22N2O3S2/c21-18(20-11-5-2-6-12-20)16(14-15-8-3-1-4-9-15)19-25(22,23)17-10-7-13-24-17/h1,3-4,7-10,13,16,19H,2,5-6,11-12,14H2/t16-/m0/s1. The molecule has 134 valence electrons. The van der Waals surface area contributed by atoms with Gasteiger partial charge in [0.25, 0.3) is 10.0 Å². The molecule has 0 bridgehead atoms. The van der Waals surface area contributed by atoms with Gasteiger partial charge in [0.15, 0.2) is 0 Å². The maximum Gasteiger partial charge on any atom is 0.250 e. The SMILES string of the molecule is O=C([C@H](Cc1ccccc1)NS(=O)(=O)c1cccs1)N1CCCCC1. The third kappa shape index (κ3) is 4.68. The predicted molar refractivity (Wildman–Crippen MR) is 99.0 cm³/mol. The van der Waals surface area contributed by atoms with Crippen molar-refractivity contribution in [2.45, 2.75) is 35.9 Å². The maximum absolute atomic E-state index is 13.0. The summed E-state index contributed by atoms with van der Waals surface area (Å²) in [6.45, 7) is 1.40. The van der Waals surface area contributed by atoms with Gasteiger partial charge in [0.05, 0.1) is 0 Å². The minimum atomic E-state index is -3.70. The molecule has 0 unspecified atom stereocenters. The van der Waals surface area contributed by atoms with Crippen molar-refractivity contribution in [2.24, 2.45) is 0 Å². The molecule has 0 saturated carbocycles. The van der Waals surface area contributed by atoms with Crippen molar-refractivity contribution in [3.8, 4) is 0 Å². The number of sulfonamides is 1. The average molecular weight is 379 g/mol. The average Bonchev–Trinajstić information content (AvgIpc) is 3.18. The molecule has 1 aromatic carbocycles. The van der Waals surface area contributed by atoms with E-state index in [9.17, 15) is 13.2 Å². The van der Waals surface area contributed by atoms with Crippen LogP contribution in [0.15, 0.2) is 52.1 Å². The molecule has 1 fully saturated rings. The first kappa shape index (κ1) is 18.1. The zero-order valence-electron chi connectivity index (χ0n) is 13.9. The lowest BCUT2D eigenvalue weighted by molar-refractivity contribution is -0.133. The van der Waals surface area contributed by atoms with Gasteiger partial charge in [-0.25, -0.2) is 8.42 Å². The smallest absolute Gasteiger partial charge is 0.250 e. The minimum absolute atomic E-state index is 0.135. The molecule has 5 nitrogen and oxygen atoms in total. The number of hydrogen-bond donors (Lipinski definition) is 1. The fraction of sp³-hybridized carbons (Fsp3) is 0.389. The lowest BCUT2D eigenvalue weighted by atomic mass is 10.0. The Hall–Kier alpha value is -1.70. The molecule has 0 spiro atoms. The first-order valence-electron chi connectivity index (χ1n) is 8.45. The zero-order valence-corrected chi connectivity index (χ0v) is 15.6. The third-order valence-corrected chi connectivity index (χ3v) is 7.17. The van der Waals surface area contributed by atoms with Crippen LogP contribution in [0, 0.1) is 0 Å². The summed E-state index contributed by atoms with van der Waals surface area (Å²) >= 11 is 1.15. The van der Waals surface area contributed by atoms with Crippen LogP contribution in [-0.4, -0.2) is 38.4 Å². The molecule has 1 N–H and O–H groups in total. The minimum Gasteiger partial charge on any atom is -0.341 e. The molecular weight excluding hydrogens is 356 g/mol. The number of nitrogens with zero attached hydrogens (tertiary/aromatic N) is 1. The number of carbonyl (C=O) groups excluding carboxylic acids is 1. The fourth-order valence-corrected chi connectivity index (χ4v) is 5.22. The van der Waals surface area contributed by atoms with E-state index in [1.807, 2.05) is 30.3 Å². The van der Waals surface area contributed by atoms with Crippen LogP contribution in [0.5, 0.6) is 0 Å². The molecule has 1 amide bonds. The molecular formula is C18H22N2O3S2. The molecule has 7 heteroatoms. The maximum atomic E-state index is 13.0. The van der Waals surface area contributed by atoms with Gasteiger partial charge < -0.3 is 4.90 Å².